The summed E-state index contributed by atoms with van der Waals surface area (Å²) >= 11 is 0. The average molecular weight is 277 g/mol. The number of carbonyl (C=O) groups excluding carboxylic acids is 1. The molecule has 1 rings (SSSR count). The fourth-order valence-electron chi connectivity index (χ4n) is 2.31. The highest BCUT2D eigenvalue weighted by molar-refractivity contribution is 5.69. The van der Waals surface area contributed by atoms with E-state index in [1.807, 2.05) is 6.92 Å². The second-order valence-electron chi connectivity index (χ2n) is 5.15. The summed E-state index contributed by atoms with van der Waals surface area (Å²) < 4.78 is 4.90. The van der Waals surface area contributed by atoms with E-state index in [4.69, 9.17) is 4.74 Å². The second kappa shape index (κ2) is 9.54. The average Bonchev–Trinajstić information content (AvgIpc) is 2.43. The third-order valence-corrected chi connectivity index (χ3v) is 3.47. The zero-order chi connectivity index (χ0) is 14.8. The smallest absolute Gasteiger partial charge is 0.305 e. The summed E-state index contributed by atoms with van der Waals surface area (Å²) in [5.41, 5.74) is 2.69. The van der Waals surface area contributed by atoms with Crippen molar-refractivity contribution in [3.05, 3.63) is 35.4 Å². The van der Waals surface area contributed by atoms with Crippen LogP contribution in [0.4, 0.5) is 0 Å². The molecule has 1 aromatic carbocycles. The minimum Gasteiger partial charge on any atom is -0.466 e. The lowest BCUT2D eigenvalue weighted by molar-refractivity contribution is -0.143. The minimum absolute atomic E-state index is 0.0752. The maximum Gasteiger partial charge on any atom is 0.305 e. The normalized spacial score (nSPS) is 12.2. The number of hydrogen-bond acceptors (Lipinski definition) is 3. The Labute approximate surface area is 122 Å². The van der Waals surface area contributed by atoms with Crippen molar-refractivity contribution in [2.45, 2.75) is 52.5 Å². The summed E-state index contributed by atoms with van der Waals surface area (Å²) in [5.74, 6) is -0.0752. The molecule has 0 unspecified atom stereocenters. The van der Waals surface area contributed by atoms with Gasteiger partial charge in [0.25, 0.3) is 0 Å². The molecule has 0 heterocycles. The lowest BCUT2D eigenvalue weighted by Crippen LogP contribution is -2.20. The van der Waals surface area contributed by atoms with Crippen LogP contribution in [-0.4, -0.2) is 19.1 Å². The molecule has 0 aliphatic carbocycles. The first-order chi connectivity index (χ1) is 9.65. The maximum absolute atomic E-state index is 11.2. The second-order valence-corrected chi connectivity index (χ2v) is 5.15. The van der Waals surface area contributed by atoms with Crippen LogP contribution in [0.25, 0.3) is 0 Å². The summed E-state index contributed by atoms with van der Waals surface area (Å²) in [7, 11) is 0. The molecule has 0 spiro atoms. The van der Waals surface area contributed by atoms with Gasteiger partial charge in [-0.2, -0.15) is 0 Å². The highest BCUT2D eigenvalue weighted by Gasteiger charge is 2.06. The molecular formula is C17H27NO2. The van der Waals surface area contributed by atoms with Crippen molar-refractivity contribution < 1.29 is 9.53 Å². The summed E-state index contributed by atoms with van der Waals surface area (Å²) in [6, 6.07) is 8.85. The molecule has 0 fully saturated rings. The molecule has 0 amide bonds. The van der Waals surface area contributed by atoms with Crippen LogP contribution < -0.4 is 5.32 Å². The van der Waals surface area contributed by atoms with E-state index in [0.717, 1.165) is 25.8 Å². The number of nitrogens with one attached hydrogen (secondary N) is 1. The van der Waals surface area contributed by atoms with Crippen LogP contribution in [0.1, 0.15) is 56.7 Å². The molecular weight excluding hydrogens is 250 g/mol. The lowest BCUT2D eigenvalue weighted by atomic mass is 10.0. The van der Waals surface area contributed by atoms with Crippen molar-refractivity contribution in [2.75, 3.05) is 13.2 Å². The number of aryl methyl sites for hydroxylation is 1. The van der Waals surface area contributed by atoms with Gasteiger partial charge in [0.15, 0.2) is 0 Å². The summed E-state index contributed by atoms with van der Waals surface area (Å²) in [5, 5.41) is 3.54. The predicted octanol–water partition coefficient (Wildman–Crippen LogP) is 3.77. The Kier molecular flexibility index (Phi) is 7.97. The molecule has 0 aromatic heterocycles. The van der Waals surface area contributed by atoms with Crippen LogP contribution in [0.5, 0.6) is 0 Å². The molecule has 0 aliphatic rings. The first-order valence-corrected chi connectivity index (χ1v) is 7.59. The Morgan fingerprint density at radius 1 is 1.25 bits per heavy atom. The monoisotopic (exact) mass is 277 g/mol. The van der Waals surface area contributed by atoms with Gasteiger partial charge in [0.05, 0.1) is 6.61 Å². The Balaban J connectivity index is 2.12. The fraction of sp³-hybridized carbons (Fsp3) is 0.588. The van der Waals surface area contributed by atoms with Crippen LogP contribution in [0.3, 0.4) is 0 Å². The van der Waals surface area contributed by atoms with E-state index in [1.165, 1.54) is 11.1 Å². The third kappa shape index (κ3) is 6.20. The van der Waals surface area contributed by atoms with Crippen LogP contribution in [0, 0.1) is 6.92 Å². The van der Waals surface area contributed by atoms with E-state index in [9.17, 15) is 4.79 Å². The molecule has 3 nitrogen and oxygen atoms in total. The van der Waals surface area contributed by atoms with Gasteiger partial charge in [0.2, 0.25) is 0 Å². The number of rotatable bonds is 9. The topological polar surface area (TPSA) is 38.3 Å². The van der Waals surface area contributed by atoms with Crippen molar-refractivity contribution >= 4 is 5.97 Å². The van der Waals surface area contributed by atoms with Crippen molar-refractivity contribution in [3.8, 4) is 0 Å². The number of unbranched alkanes of at least 4 members (excludes halogenated alkanes) is 2. The van der Waals surface area contributed by atoms with Crippen molar-refractivity contribution in [2.24, 2.45) is 0 Å². The molecule has 0 aliphatic heterocycles. The van der Waals surface area contributed by atoms with Gasteiger partial charge in [-0.05, 0) is 51.3 Å². The van der Waals surface area contributed by atoms with E-state index in [2.05, 4.69) is 43.4 Å². The molecule has 112 valence electrons. The van der Waals surface area contributed by atoms with Crippen LogP contribution in [-0.2, 0) is 9.53 Å². The third-order valence-electron chi connectivity index (χ3n) is 3.47. The Morgan fingerprint density at radius 3 is 2.70 bits per heavy atom. The molecule has 1 N–H and O–H groups in total. The van der Waals surface area contributed by atoms with Gasteiger partial charge in [-0.25, -0.2) is 0 Å². The van der Waals surface area contributed by atoms with E-state index >= 15 is 0 Å². The standard InChI is InChI=1S/C17H27NO2/c1-4-20-17(19)12-6-5-9-13-18-15(3)16-11-8-7-10-14(16)2/h7-8,10-11,15,18H,4-6,9,12-13H2,1-3H3/t15-/m0/s1. The summed E-state index contributed by atoms with van der Waals surface area (Å²) in [6.45, 7) is 7.65. The summed E-state index contributed by atoms with van der Waals surface area (Å²) in [4.78, 5) is 11.2. The SMILES string of the molecule is CCOC(=O)CCCCCN[C@@H](C)c1ccccc1C. The molecule has 0 radical (unpaired) electrons. The lowest BCUT2D eigenvalue weighted by Gasteiger charge is -2.16. The van der Waals surface area contributed by atoms with Crippen LogP contribution in [0.15, 0.2) is 24.3 Å². The van der Waals surface area contributed by atoms with Gasteiger partial charge in [-0.15, -0.1) is 0 Å². The van der Waals surface area contributed by atoms with E-state index < -0.39 is 0 Å². The molecule has 0 bridgehead atoms. The van der Waals surface area contributed by atoms with Crippen molar-refractivity contribution in [1.29, 1.82) is 0 Å². The first-order valence-electron chi connectivity index (χ1n) is 7.59. The Hall–Kier alpha value is -1.35. The largest absolute Gasteiger partial charge is 0.466 e. The summed E-state index contributed by atoms with van der Waals surface area (Å²) in [6.07, 6.45) is 3.61. The minimum atomic E-state index is -0.0752. The molecule has 0 saturated heterocycles. The number of benzene rings is 1. The maximum atomic E-state index is 11.2. The van der Waals surface area contributed by atoms with Crippen molar-refractivity contribution in [3.63, 3.8) is 0 Å². The Morgan fingerprint density at radius 2 is 2.00 bits per heavy atom. The van der Waals surface area contributed by atoms with Gasteiger partial charge in [-0.3, -0.25) is 4.79 Å². The van der Waals surface area contributed by atoms with Crippen LogP contribution >= 0.6 is 0 Å². The van der Waals surface area contributed by atoms with Gasteiger partial charge < -0.3 is 10.1 Å². The van der Waals surface area contributed by atoms with Gasteiger partial charge in [0.1, 0.15) is 0 Å². The fourth-order valence-corrected chi connectivity index (χ4v) is 2.31. The quantitative estimate of drug-likeness (QED) is 0.551. The van der Waals surface area contributed by atoms with Gasteiger partial charge in [0, 0.05) is 12.5 Å². The molecule has 1 aromatic rings. The van der Waals surface area contributed by atoms with E-state index in [1.54, 1.807) is 0 Å². The number of hydrogen-bond donors (Lipinski definition) is 1. The highest BCUT2D eigenvalue weighted by Crippen LogP contribution is 2.16. The van der Waals surface area contributed by atoms with Gasteiger partial charge in [-0.1, -0.05) is 30.7 Å². The molecule has 1 atom stereocenters. The van der Waals surface area contributed by atoms with Crippen LogP contribution in [0.2, 0.25) is 0 Å². The molecule has 20 heavy (non-hydrogen) atoms. The van der Waals surface area contributed by atoms with E-state index in [0.29, 0.717) is 19.1 Å². The number of carbonyl (C=O) groups is 1. The van der Waals surface area contributed by atoms with Crippen molar-refractivity contribution in [1.82, 2.24) is 5.32 Å². The zero-order valence-corrected chi connectivity index (χ0v) is 12.9. The van der Waals surface area contributed by atoms with Gasteiger partial charge >= 0.3 is 5.97 Å². The number of ether oxygens (including phenoxy) is 1. The first kappa shape index (κ1) is 16.7. The highest BCUT2D eigenvalue weighted by atomic mass is 16.5. The Bertz CT molecular complexity index is 404. The molecule has 3 heteroatoms. The predicted molar refractivity (Wildman–Crippen MR) is 82.7 cm³/mol. The number of esters is 1. The molecule has 0 saturated carbocycles. The zero-order valence-electron chi connectivity index (χ0n) is 12.9. The van der Waals surface area contributed by atoms with E-state index in [-0.39, 0.29) is 5.97 Å².